The van der Waals surface area contributed by atoms with E-state index in [1.165, 1.54) is 65.3 Å². The Morgan fingerprint density at radius 1 is 0.327 bits per heavy atom. The van der Waals surface area contributed by atoms with E-state index in [-0.39, 0.29) is 0 Å². The van der Waals surface area contributed by atoms with Gasteiger partial charge in [-0.15, -0.1) is 0 Å². The molecule has 0 aliphatic carbocycles. The zero-order valence-electron chi connectivity index (χ0n) is 30.0. The van der Waals surface area contributed by atoms with Crippen LogP contribution in [0, 0.1) is 0 Å². The molecule has 55 heavy (non-hydrogen) atoms. The number of aromatic nitrogens is 2. The Kier molecular flexibility index (Phi) is 7.21. The molecule has 0 saturated carbocycles. The Labute approximate surface area is 319 Å². The summed E-state index contributed by atoms with van der Waals surface area (Å²) in [7, 11) is 0. The zero-order chi connectivity index (χ0) is 36.3. The molecule has 2 nitrogen and oxygen atoms in total. The summed E-state index contributed by atoms with van der Waals surface area (Å²) in [4.78, 5) is 0. The van der Waals surface area contributed by atoms with Gasteiger partial charge in [0, 0.05) is 16.3 Å². The van der Waals surface area contributed by atoms with Gasteiger partial charge in [0.15, 0.2) is 0 Å². The van der Waals surface area contributed by atoms with Gasteiger partial charge >= 0.3 is 0 Å². The number of benzene rings is 10. The van der Waals surface area contributed by atoms with Crippen molar-refractivity contribution in [3.63, 3.8) is 0 Å². The number of fused-ring (bicyclic) bond motifs is 6. The molecule has 0 bridgehead atoms. The van der Waals surface area contributed by atoms with Gasteiger partial charge in [-0.05, 0) is 101 Å². The topological polar surface area (TPSA) is 17.8 Å². The number of hydrogen-bond donors (Lipinski definition) is 0. The van der Waals surface area contributed by atoms with Crippen LogP contribution in [0.4, 0.5) is 0 Å². The summed E-state index contributed by atoms with van der Waals surface area (Å²) in [6.45, 7) is 0. The number of rotatable bonds is 5. The lowest BCUT2D eigenvalue weighted by atomic mass is 9.85. The van der Waals surface area contributed by atoms with Gasteiger partial charge in [-0.25, -0.2) is 4.68 Å². The molecule has 2 heteroatoms. The van der Waals surface area contributed by atoms with Gasteiger partial charge in [0.05, 0.1) is 11.2 Å². The van der Waals surface area contributed by atoms with Crippen LogP contribution in [0.15, 0.2) is 206 Å². The third-order valence-electron chi connectivity index (χ3n) is 11.2. The van der Waals surface area contributed by atoms with Gasteiger partial charge in [0.1, 0.15) is 5.69 Å². The van der Waals surface area contributed by atoms with E-state index in [0.717, 1.165) is 39.0 Å². The Hall–Kier alpha value is -7.29. The van der Waals surface area contributed by atoms with Gasteiger partial charge in [0.25, 0.3) is 0 Å². The van der Waals surface area contributed by atoms with Crippen molar-refractivity contribution < 1.29 is 0 Å². The van der Waals surface area contributed by atoms with E-state index in [4.69, 9.17) is 5.10 Å². The van der Waals surface area contributed by atoms with E-state index in [1.807, 2.05) is 0 Å². The number of hydrogen-bond acceptors (Lipinski definition) is 1. The molecule has 0 radical (unpaired) electrons. The number of para-hydroxylation sites is 1. The zero-order valence-corrected chi connectivity index (χ0v) is 30.0. The van der Waals surface area contributed by atoms with Crippen LogP contribution in [0.5, 0.6) is 0 Å². The van der Waals surface area contributed by atoms with Crippen LogP contribution < -0.4 is 0 Å². The standard InChI is InChI=1S/C53H34N2/c1-3-17-36(18-4-1)52-51-48(34-39-20-9-10-25-43(39)53(51)55(54-52)42-23-5-2-6-24-42)38-21-15-22-40(33-38)49-44-26-11-13-28-46(44)50(47-29-14-12-27-45(47)49)41-31-30-35-16-7-8-19-37(35)32-41/h1-34H. The lowest BCUT2D eigenvalue weighted by molar-refractivity contribution is 0.918. The number of nitrogens with zero attached hydrogens (tertiary/aromatic N) is 2. The maximum Gasteiger partial charge on any atom is 0.101 e. The van der Waals surface area contributed by atoms with Crippen molar-refractivity contribution in [1.82, 2.24) is 9.78 Å². The molecule has 256 valence electrons. The van der Waals surface area contributed by atoms with Crippen molar-refractivity contribution in [3.05, 3.63) is 206 Å². The van der Waals surface area contributed by atoms with Crippen LogP contribution in [0.25, 0.3) is 104 Å². The lowest BCUT2D eigenvalue weighted by Crippen LogP contribution is -1.96. The highest BCUT2D eigenvalue weighted by molar-refractivity contribution is 6.22. The fraction of sp³-hybridized carbons (Fsp3) is 0. The predicted molar refractivity (Wildman–Crippen MR) is 233 cm³/mol. The molecular formula is C53H34N2. The third-order valence-corrected chi connectivity index (χ3v) is 11.2. The first-order valence-corrected chi connectivity index (χ1v) is 18.9. The average Bonchev–Trinajstić information content (AvgIpc) is 3.67. The van der Waals surface area contributed by atoms with Gasteiger partial charge in [-0.2, -0.15) is 5.10 Å². The summed E-state index contributed by atoms with van der Waals surface area (Å²) in [5.41, 5.74) is 11.5. The first kappa shape index (κ1) is 31.3. The first-order chi connectivity index (χ1) is 27.3. The lowest BCUT2D eigenvalue weighted by Gasteiger charge is -2.19. The van der Waals surface area contributed by atoms with Crippen LogP contribution in [-0.2, 0) is 0 Å². The van der Waals surface area contributed by atoms with Crippen molar-refractivity contribution >= 4 is 54.0 Å². The second-order valence-corrected chi connectivity index (χ2v) is 14.3. The fourth-order valence-electron chi connectivity index (χ4n) is 8.71. The Balaban J connectivity index is 1.20. The Morgan fingerprint density at radius 2 is 0.836 bits per heavy atom. The van der Waals surface area contributed by atoms with Crippen LogP contribution in [0.3, 0.4) is 0 Å². The molecule has 0 amide bonds. The summed E-state index contributed by atoms with van der Waals surface area (Å²) in [6.07, 6.45) is 0. The maximum atomic E-state index is 5.40. The highest BCUT2D eigenvalue weighted by atomic mass is 15.3. The smallest absolute Gasteiger partial charge is 0.101 e. The second kappa shape index (κ2) is 12.7. The molecule has 11 rings (SSSR count). The molecule has 0 aliphatic heterocycles. The normalized spacial score (nSPS) is 11.6. The van der Waals surface area contributed by atoms with Gasteiger partial charge in [-0.3, -0.25) is 0 Å². The molecule has 11 aromatic rings. The SMILES string of the molecule is c1ccc(-c2nn(-c3ccccc3)c3c2c(-c2cccc(-c4c5ccccc5c(-c5ccc6ccccc6c5)c5ccccc45)c2)cc2ccccc23)cc1. The molecular weight excluding hydrogens is 665 g/mol. The molecule has 0 atom stereocenters. The largest absolute Gasteiger partial charge is 0.232 e. The minimum Gasteiger partial charge on any atom is -0.232 e. The summed E-state index contributed by atoms with van der Waals surface area (Å²) >= 11 is 0. The van der Waals surface area contributed by atoms with E-state index in [1.54, 1.807) is 0 Å². The summed E-state index contributed by atoms with van der Waals surface area (Å²) in [5.74, 6) is 0. The van der Waals surface area contributed by atoms with Gasteiger partial charge < -0.3 is 0 Å². The molecule has 0 N–H and O–H groups in total. The molecule has 0 aliphatic rings. The van der Waals surface area contributed by atoms with Crippen LogP contribution in [0.2, 0.25) is 0 Å². The van der Waals surface area contributed by atoms with E-state index in [2.05, 4.69) is 211 Å². The summed E-state index contributed by atoms with van der Waals surface area (Å²) in [5, 5.41) is 16.4. The van der Waals surface area contributed by atoms with Crippen molar-refractivity contribution in [2.24, 2.45) is 0 Å². The van der Waals surface area contributed by atoms with E-state index in [9.17, 15) is 0 Å². The summed E-state index contributed by atoms with van der Waals surface area (Å²) in [6, 6.07) is 74.7. The van der Waals surface area contributed by atoms with Crippen LogP contribution in [0.1, 0.15) is 0 Å². The fourth-order valence-corrected chi connectivity index (χ4v) is 8.71. The van der Waals surface area contributed by atoms with Crippen molar-refractivity contribution in [1.29, 1.82) is 0 Å². The quantitative estimate of drug-likeness (QED) is 0.164. The second-order valence-electron chi connectivity index (χ2n) is 14.3. The molecule has 0 saturated heterocycles. The molecule has 0 unspecified atom stereocenters. The highest BCUT2D eigenvalue weighted by Crippen LogP contribution is 2.46. The molecule has 10 aromatic carbocycles. The van der Waals surface area contributed by atoms with Crippen LogP contribution in [-0.4, -0.2) is 9.78 Å². The van der Waals surface area contributed by atoms with E-state index < -0.39 is 0 Å². The molecule has 0 fully saturated rings. The Morgan fingerprint density at radius 3 is 1.51 bits per heavy atom. The van der Waals surface area contributed by atoms with Gasteiger partial charge in [0.2, 0.25) is 0 Å². The molecule has 1 heterocycles. The van der Waals surface area contributed by atoms with Crippen LogP contribution >= 0.6 is 0 Å². The first-order valence-electron chi connectivity index (χ1n) is 18.9. The van der Waals surface area contributed by atoms with Gasteiger partial charge in [-0.1, -0.05) is 176 Å². The van der Waals surface area contributed by atoms with Crippen molar-refractivity contribution in [2.75, 3.05) is 0 Å². The third kappa shape index (κ3) is 5.07. The minimum atomic E-state index is 0.973. The average molecular weight is 699 g/mol. The van der Waals surface area contributed by atoms with Crippen molar-refractivity contribution in [3.8, 4) is 50.3 Å². The monoisotopic (exact) mass is 698 g/mol. The minimum absolute atomic E-state index is 0.973. The van der Waals surface area contributed by atoms with E-state index >= 15 is 0 Å². The predicted octanol–water partition coefficient (Wildman–Crippen LogP) is 14.3. The Bertz CT molecular complexity index is 3190. The van der Waals surface area contributed by atoms with E-state index in [0.29, 0.717) is 0 Å². The highest BCUT2D eigenvalue weighted by Gasteiger charge is 2.22. The maximum absolute atomic E-state index is 5.40. The summed E-state index contributed by atoms with van der Waals surface area (Å²) < 4.78 is 2.14. The molecule has 0 spiro atoms. The molecule has 1 aromatic heterocycles. The van der Waals surface area contributed by atoms with Crippen molar-refractivity contribution in [2.45, 2.75) is 0 Å².